The number of imidazole rings is 1. The van der Waals surface area contributed by atoms with Crippen LogP contribution < -0.4 is 0 Å². The predicted molar refractivity (Wildman–Crippen MR) is 118 cm³/mol. The molecule has 1 N–H and O–H groups in total. The molecule has 3 aromatic rings. The minimum Gasteiger partial charge on any atom is -0.411 e. The van der Waals surface area contributed by atoms with Crippen molar-refractivity contribution < 1.29 is 9.21 Å². The minimum atomic E-state index is -0.504. The van der Waals surface area contributed by atoms with Crippen molar-refractivity contribution in [2.24, 2.45) is 5.10 Å². The maximum absolute atomic E-state index is 13.4. The maximum atomic E-state index is 13.4. The van der Waals surface area contributed by atoms with Gasteiger partial charge < -0.3 is 14.3 Å². The van der Waals surface area contributed by atoms with Gasteiger partial charge in [-0.15, -0.1) is 10.2 Å². The number of aromatic amines is 1. The Labute approximate surface area is 189 Å². The Morgan fingerprint density at radius 1 is 1.30 bits per heavy atom. The second kappa shape index (κ2) is 8.61. The van der Waals surface area contributed by atoms with Gasteiger partial charge in [0.15, 0.2) is 0 Å². The first kappa shape index (κ1) is 20.5. The Kier molecular flexibility index (Phi) is 5.35. The Bertz CT molecular complexity index is 1290. The molecule has 0 unspecified atom stereocenters. The van der Waals surface area contributed by atoms with Crippen LogP contribution in [-0.2, 0) is 6.42 Å². The quantitative estimate of drug-likeness (QED) is 0.609. The molecule has 5 rings (SSSR count). The van der Waals surface area contributed by atoms with Crippen LogP contribution in [0, 0.1) is 0 Å². The third-order valence-electron chi connectivity index (χ3n) is 5.42. The van der Waals surface area contributed by atoms with Crippen molar-refractivity contribution in [3.8, 4) is 11.6 Å². The van der Waals surface area contributed by atoms with Gasteiger partial charge in [0, 0.05) is 36.8 Å². The van der Waals surface area contributed by atoms with Crippen LogP contribution in [0.4, 0.5) is 0 Å². The van der Waals surface area contributed by atoms with E-state index < -0.39 is 11.9 Å². The molecule has 0 aromatic carbocycles. The van der Waals surface area contributed by atoms with Crippen LogP contribution in [0.5, 0.6) is 0 Å². The van der Waals surface area contributed by atoms with Gasteiger partial charge in [-0.05, 0) is 26.0 Å². The van der Waals surface area contributed by atoms with E-state index in [9.17, 15) is 4.79 Å². The van der Waals surface area contributed by atoms with Gasteiger partial charge in [0.25, 0.3) is 5.89 Å². The third kappa shape index (κ3) is 3.84. The van der Waals surface area contributed by atoms with E-state index in [1.54, 1.807) is 23.6 Å². The number of carbonyl (C=O) groups is 1. The first-order chi connectivity index (χ1) is 16.2. The normalized spacial score (nSPS) is 19.3. The van der Waals surface area contributed by atoms with Crippen molar-refractivity contribution in [2.75, 3.05) is 6.54 Å². The summed E-state index contributed by atoms with van der Waals surface area (Å²) in [5.41, 5.74) is 4.01. The van der Waals surface area contributed by atoms with Gasteiger partial charge in [-0.1, -0.05) is 12.2 Å². The number of allylic oxidation sites excluding steroid dienone is 5. The zero-order valence-electron chi connectivity index (χ0n) is 18.1. The van der Waals surface area contributed by atoms with E-state index in [2.05, 4.69) is 35.2 Å². The van der Waals surface area contributed by atoms with Gasteiger partial charge >= 0.3 is 11.8 Å². The molecular weight excluding hydrogens is 422 g/mol. The summed E-state index contributed by atoms with van der Waals surface area (Å²) in [7, 11) is 0. The molecule has 5 heterocycles. The summed E-state index contributed by atoms with van der Waals surface area (Å²) in [5, 5.41) is 14.4. The molecule has 0 fully saturated rings. The largest absolute Gasteiger partial charge is 0.411 e. The fraction of sp³-hybridized carbons (Fsp3) is 0.227. The summed E-state index contributed by atoms with van der Waals surface area (Å²) in [6.07, 6.45) is 16.4. The SMILES string of the molecule is C/C=C1/C=CC=C(C)N1/N=C/[C@H]1c2nc[nH]c2CCN1C(=O)c1nnc(-c2cnccn2)o1. The lowest BCUT2D eigenvalue weighted by Gasteiger charge is -2.32. The fourth-order valence-electron chi connectivity index (χ4n) is 3.77. The molecule has 1 atom stereocenters. The molecule has 0 radical (unpaired) electrons. The molecule has 0 aliphatic carbocycles. The molecule has 0 saturated heterocycles. The topological polar surface area (TPSA) is 129 Å². The molecule has 2 aliphatic rings. The van der Waals surface area contributed by atoms with Crippen LogP contribution in [-0.4, -0.2) is 58.7 Å². The Morgan fingerprint density at radius 3 is 3.03 bits per heavy atom. The highest BCUT2D eigenvalue weighted by atomic mass is 16.4. The molecule has 2 aliphatic heterocycles. The molecule has 11 heteroatoms. The Morgan fingerprint density at radius 2 is 2.21 bits per heavy atom. The lowest BCUT2D eigenvalue weighted by Crippen LogP contribution is -2.41. The van der Waals surface area contributed by atoms with E-state index in [4.69, 9.17) is 4.42 Å². The molecule has 0 spiro atoms. The van der Waals surface area contributed by atoms with Crippen molar-refractivity contribution in [1.29, 1.82) is 0 Å². The second-order valence-corrected chi connectivity index (χ2v) is 7.42. The van der Waals surface area contributed by atoms with E-state index in [0.29, 0.717) is 18.7 Å². The number of H-pyrrole nitrogens is 1. The highest BCUT2D eigenvalue weighted by Gasteiger charge is 2.35. The van der Waals surface area contributed by atoms with E-state index in [0.717, 1.165) is 22.8 Å². The van der Waals surface area contributed by atoms with Crippen LogP contribution in [0.1, 0.15) is 42.0 Å². The fourth-order valence-corrected chi connectivity index (χ4v) is 3.77. The summed E-state index contributed by atoms with van der Waals surface area (Å²) in [6.45, 7) is 4.37. The maximum Gasteiger partial charge on any atom is 0.312 e. The first-order valence-corrected chi connectivity index (χ1v) is 10.4. The number of nitrogens with zero attached hydrogens (tertiary/aromatic N) is 8. The molecule has 3 aromatic heterocycles. The van der Waals surface area contributed by atoms with E-state index >= 15 is 0 Å². The average molecular weight is 443 g/mol. The third-order valence-corrected chi connectivity index (χ3v) is 5.42. The van der Waals surface area contributed by atoms with Crippen molar-refractivity contribution in [2.45, 2.75) is 26.3 Å². The van der Waals surface area contributed by atoms with Gasteiger partial charge in [0.05, 0.1) is 30.1 Å². The van der Waals surface area contributed by atoms with Crippen LogP contribution >= 0.6 is 0 Å². The summed E-state index contributed by atoms with van der Waals surface area (Å²) in [4.78, 5) is 30.7. The smallest absolute Gasteiger partial charge is 0.312 e. The molecule has 11 nitrogen and oxygen atoms in total. The van der Waals surface area contributed by atoms with Gasteiger partial charge in [-0.25, -0.2) is 15.0 Å². The summed E-state index contributed by atoms with van der Waals surface area (Å²) in [5.74, 6) is -0.397. The molecule has 166 valence electrons. The van der Waals surface area contributed by atoms with E-state index in [1.165, 1.54) is 12.4 Å². The summed E-state index contributed by atoms with van der Waals surface area (Å²) in [6, 6.07) is -0.504. The summed E-state index contributed by atoms with van der Waals surface area (Å²) < 4.78 is 5.62. The zero-order chi connectivity index (χ0) is 22.8. The van der Waals surface area contributed by atoms with Gasteiger partial charge in [0.1, 0.15) is 11.7 Å². The van der Waals surface area contributed by atoms with Crippen LogP contribution in [0.15, 0.2) is 70.1 Å². The Hall–Kier alpha value is -4.41. The van der Waals surface area contributed by atoms with Crippen molar-refractivity contribution in [3.05, 3.63) is 77.9 Å². The number of hydrogen-bond donors (Lipinski definition) is 1. The van der Waals surface area contributed by atoms with Gasteiger partial charge in [-0.2, -0.15) is 5.10 Å². The van der Waals surface area contributed by atoms with Crippen molar-refractivity contribution in [1.82, 2.24) is 40.0 Å². The number of rotatable bonds is 4. The van der Waals surface area contributed by atoms with Crippen molar-refractivity contribution in [3.63, 3.8) is 0 Å². The van der Waals surface area contributed by atoms with E-state index in [1.807, 2.05) is 43.2 Å². The van der Waals surface area contributed by atoms with Crippen LogP contribution in [0.25, 0.3) is 11.6 Å². The number of amides is 1. The van der Waals surface area contributed by atoms with Crippen LogP contribution in [0.3, 0.4) is 0 Å². The highest BCUT2D eigenvalue weighted by Crippen LogP contribution is 2.29. The highest BCUT2D eigenvalue weighted by molar-refractivity contribution is 5.92. The molecule has 0 bridgehead atoms. The first-order valence-electron chi connectivity index (χ1n) is 10.4. The number of carbonyl (C=O) groups excluding carboxylic acids is 1. The Balaban J connectivity index is 1.45. The molecule has 1 amide bonds. The number of hydrogen-bond acceptors (Lipinski definition) is 9. The number of hydrazone groups is 1. The zero-order valence-corrected chi connectivity index (χ0v) is 18.1. The lowest BCUT2D eigenvalue weighted by atomic mass is 10.0. The number of aromatic nitrogens is 6. The molecule has 33 heavy (non-hydrogen) atoms. The minimum absolute atomic E-state index is 0.126. The monoisotopic (exact) mass is 443 g/mol. The van der Waals surface area contributed by atoms with Gasteiger partial charge in [0.2, 0.25) is 0 Å². The number of fused-ring (bicyclic) bond motifs is 1. The van der Waals surface area contributed by atoms with Crippen LogP contribution in [0.2, 0.25) is 0 Å². The predicted octanol–water partition coefficient (Wildman–Crippen LogP) is 2.65. The van der Waals surface area contributed by atoms with Crippen molar-refractivity contribution >= 4 is 12.1 Å². The summed E-state index contributed by atoms with van der Waals surface area (Å²) >= 11 is 0. The second-order valence-electron chi connectivity index (χ2n) is 7.42. The molecular formula is C22H21N9O2. The van der Waals surface area contributed by atoms with Gasteiger partial charge in [-0.3, -0.25) is 9.78 Å². The average Bonchev–Trinajstić information content (AvgIpc) is 3.53. The van der Waals surface area contributed by atoms with E-state index in [-0.39, 0.29) is 11.8 Å². The molecule has 0 saturated carbocycles. The standard InChI is InChI=1S/C22H21N9O2/c1-3-15-6-4-5-14(2)31(15)27-12-18-19-16(25-13-26-19)7-10-30(18)22(32)21-29-28-20(33-21)17-11-23-8-9-24-17/h3-6,8-9,11-13,18H,7,10H2,1-2H3,(H,25,26)/b15-3-,27-12+/t18-/m0/s1. The lowest BCUT2D eigenvalue weighted by molar-refractivity contribution is 0.0672. The number of nitrogens with one attached hydrogen (secondary N) is 1.